The van der Waals surface area contributed by atoms with Crippen LogP contribution in [-0.4, -0.2) is 6.61 Å². The second-order valence-electron chi connectivity index (χ2n) is 4.50. The molecule has 0 radical (unpaired) electrons. The summed E-state index contributed by atoms with van der Waals surface area (Å²) in [5, 5.41) is 0. The summed E-state index contributed by atoms with van der Waals surface area (Å²) in [6.07, 6.45) is 0. The van der Waals surface area contributed by atoms with Crippen LogP contribution in [0.4, 0.5) is 4.39 Å². The van der Waals surface area contributed by atoms with Crippen LogP contribution in [0.15, 0.2) is 40.9 Å². The van der Waals surface area contributed by atoms with Crippen LogP contribution in [0.1, 0.15) is 28.4 Å². The molecule has 0 bridgehead atoms. The van der Waals surface area contributed by atoms with Gasteiger partial charge in [0.2, 0.25) is 0 Å². The number of alkyl halides is 1. The van der Waals surface area contributed by atoms with Crippen LogP contribution in [0, 0.1) is 12.7 Å². The first kappa shape index (κ1) is 15.5. The predicted octanol–water partition coefficient (Wildman–Crippen LogP) is 5.78. The van der Waals surface area contributed by atoms with Crippen LogP contribution in [-0.2, 0) is 0 Å². The molecular weight excluding hydrogens is 387 g/mol. The Kier molecular flexibility index (Phi) is 5.22. The monoisotopic (exact) mass is 400 g/mol. The van der Waals surface area contributed by atoms with Gasteiger partial charge in [-0.05, 0) is 37.6 Å². The second kappa shape index (κ2) is 6.72. The summed E-state index contributed by atoms with van der Waals surface area (Å²) in [4.78, 5) is -0.201. The molecule has 0 spiro atoms. The lowest BCUT2D eigenvalue weighted by molar-refractivity contribution is 0.340. The minimum atomic E-state index is -0.210. The van der Waals surface area contributed by atoms with E-state index in [1.165, 1.54) is 6.07 Å². The Morgan fingerprint density at radius 1 is 1.15 bits per heavy atom. The highest BCUT2D eigenvalue weighted by atomic mass is 79.9. The smallest absolute Gasteiger partial charge is 0.127 e. The van der Waals surface area contributed by atoms with Gasteiger partial charge in [-0.15, -0.1) is 0 Å². The molecule has 4 heteroatoms. The molecule has 0 fully saturated rings. The molecule has 0 saturated carbocycles. The van der Waals surface area contributed by atoms with Gasteiger partial charge in [0.15, 0.2) is 0 Å². The van der Waals surface area contributed by atoms with E-state index in [2.05, 4.69) is 31.9 Å². The van der Waals surface area contributed by atoms with E-state index < -0.39 is 0 Å². The molecule has 0 aliphatic carbocycles. The quantitative estimate of drug-likeness (QED) is 0.590. The summed E-state index contributed by atoms with van der Waals surface area (Å²) in [5.41, 5.74) is 2.64. The van der Waals surface area contributed by atoms with Gasteiger partial charge in [-0.2, -0.15) is 0 Å². The normalized spacial score (nSPS) is 12.2. The molecule has 0 amide bonds. The van der Waals surface area contributed by atoms with Crippen molar-refractivity contribution in [2.45, 2.75) is 18.7 Å². The third kappa shape index (κ3) is 3.41. The number of hydrogen-bond acceptors (Lipinski definition) is 1. The Balaban J connectivity index is 2.38. The highest BCUT2D eigenvalue weighted by molar-refractivity contribution is 9.11. The first-order chi connectivity index (χ1) is 9.52. The predicted molar refractivity (Wildman–Crippen MR) is 87.2 cm³/mol. The molecule has 1 nitrogen and oxygen atoms in total. The molecule has 0 aliphatic heterocycles. The molecule has 0 aliphatic rings. The number of halogens is 3. The summed E-state index contributed by atoms with van der Waals surface area (Å²) in [6.45, 7) is 4.52. The first-order valence-corrected chi connectivity index (χ1v) is 8.06. The van der Waals surface area contributed by atoms with Crippen molar-refractivity contribution < 1.29 is 9.13 Å². The van der Waals surface area contributed by atoms with E-state index in [9.17, 15) is 4.39 Å². The average Bonchev–Trinajstić information content (AvgIpc) is 2.41. The fourth-order valence-electron chi connectivity index (χ4n) is 1.99. The summed E-state index contributed by atoms with van der Waals surface area (Å²) >= 11 is 7.11. The second-order valence-corrected chi connectivity index (χ2v) is 6.27. The maximum atomic E-state index is 14.0. The zero-order valence-corrected chi connectivity index (χ0v) is 14.5. The number of hydrogen-bond donors (Lipinski definition) is 0. The lowest BCUT2D eigenvalue weighted by Crippen LogP contribution is -1.99. The highest BCUT2D eigenvalue weighted by Crippen LogP contribution is 2.38. The SMILES string of the molecule is CCOc1ccc(C(Br)c2cc(C)ccc2F)c(Br)c1. The Bertz CT molecular complexity index is 613. The van der Waals surface area contributed by atoms with Gasteiger partial charge in [0.1, 0.15) is 11.6 Å². The van der Waals surface area contributed by atoms with Gasteiger partial charge >= 0.3 is 0 Å². The van der Waals surface area contributed by atoms with Crippen LogP contribution < -0.4 is 4.74 Å². The van der Waals surface area contributed by atoms with E-state index in [0.717, 1.165) is 21.3 Å². The van der Waals surface area contributed by atoms with Crippen molar-refractivity contribution >= 4 is 31.9 Å². The third-order valence-electron chi connectivity index (χ3n) is 2.98. The first-order valence-electron chi connectivity index (χ1n) is 6.35. The Morgan fingerprint density at radius 3 is 2.55 bits per heavy atom. The van der Waals surface area contributed by atoms with Gasteiger partial charge in [-0.25, -0.2) is 4.39 Å². The highest BCUT2D eigenvalue weighted by Gasteiger charge is 2.18. The molecule has 1 unspecified atom stereocenters. The summed E-state index contributed by atoms with van der Waals surface area (Å²) in [5.74, 6) is 0.589. The third-order valence-corrected chi connectivity index (χ3v) is 4.65. The van der Waals surface area contributed by atoms with E-state index in [-0.39, 0.29) is 10.6 Å². The molecule has 0 saturated heterocycles. The molecule has 2 rings (SSSR count). The minimum absolute atomic E-state index is 0.201. The summed E-state index contributed by atoms with van der Waals surface area (Å²) < 4.78 is 20.3. The summed E-state index contributed by atoms with van der Waals surface area (Å²) in [6, 6.07) is 10.9. The zero-order valence-electron chi connectivity index (χ0n) is 11.3. The minimum Gasteiger partial charge on any atom is -0.494 e. The molecule has 0 N–H and O–H groups in total. The van der Waals surface area contributed by atoms with E-state index in [4.69, 9.17) is 4.74 Å². The van der Waals surface area contributed by atoms with Crippen molar-refractivity contribution in [2.24, 2.45) is 0 Å². The Morgan fingerprint density at radius 2 is 1.90 bits per heavy atom. The van der Waals surface area contributed by atoms with Gasteiger partial charge in [-0.3, -0.25) is 0 Å². The van der Waals surface area contributed by atoms with Crippen LogP contribution >= 0.6 is 31.9 Å². The molecule has 20 heavy (non-hydrogen) atoms. The van der Waals surface area contributed by atoms with E-state index >= 15 is 0 Å². The lowest BCUT2D eigenvalue weighted by atomic mass is 10.0. The topological polar surface area (TPSA) is 9.23 Å². The van der Waals surface area contributed by atoms with E-state index in [1.54, 1.807) is 6.07 Å². The van der Waals surface area contributed by atoms with Gasteiger partial charge in [0, 0.05) is 10.0 Å². The zero-order chi connectivity index (χ0) is 14.7. The van der Waals surface area contributed by atoms with Gasteiger partial charge in [0.25, 0.3) is 0 Å². The number of aryl methyl sites for hydroxylation is 1. The fourth-order valence-corrected chi connectivity index (χ4v) is 3.64. The summed E-state index contributed by atoms with van der Waals surface area (Å²) in [7, 11) is 0. The lowest BCUT2D eigenvalue weighted by Gasteiger charge is -2.15. The molecule has 2 aromatic rings. The molecule has 1 atom stereocenters. The van der Waals surface area contributed by atoms with Crippen molar-refractivity contribution in [3.63, 3.8) is 0 Å². The fraction of sp³-hybridized carbons (Fsp3) is 0.250. The van der Waals surface area contributed by atoms with Crippen molar-refractivity contribution in [2.75, 3.05) is 6.61 Å². The van der Waals surface area contributed by atoms with Gasteiger partial charge in [-0.1, -0.05) is 55.6 Å². The van der Waals surface area contributed by atoms with Gasteiger partial charge in [0.05, 0.1) is 11.4 Å². The van der Waals surface area contributed by atoms with Gasteiger partial charge < -0.3 is 4.74 Å². The Hall–Kier alpha value is -0.870. The molecule has 0 aromatic heterocycles. The van der Waals surface area contributed by atoms with Crippen molar-refractivity contribution in [3.8, 4) is 5.75 Å². The Labute approximate surface area is 135 Å². The van der Waals surface area contributed by atoms with Crippen LogP contribution in [0.25, 0.3) is 0 Å². The van der Waals surface area contributed by atoms with E-state index in [0.29, 0.717) is 12.2 Å². The van der Waals surface area contributed by atoms with Crippen molar-refractivity contribution in [3.05, 3.63) is 63.4 Å². The largest absolute Gasteiger partial charge is 0.494 e. The maximum absolute atomic E-state index is 14.0. The number of rotatable bonds is 4. The van der Waals surface area contributed by atoms with E-state index in [1.807, 2.05) is 38.1 Å². The number of benzene rings is 2. The molecule has 106 valence electrons. The van der Waals surface area contributed by atoms with Crippen LogP contribution in [0.3, 0.4) is 0 Å². The van der Waals surface area contributed by atoms with Crippen LogP contribution in [0.5, 0.6) is 5.75 Å². The standard InChI is InChI=1S/C16H15Br2FO/c1-3-20-11-5-6-12(14(17)9-11)16(18)13-8-10(2)4-7-15(13)19/h4-9,16H,3H2,1-2H3. The number of ether oxygens (including phenoxy) is 1. The molecule has 0 heterocycles. The maximum Gasteiger partial charge on any atom is 0.127 e. The van der Waals surface area contributed by atoms with Crippen molar-refractivity contribution in [1.82, 2.24) is 0 Å². The average molecular weight is 402 g/mol. The van der Waals surface area contributed by atoms with Crippen LogP contribution in [0.2, 0.25) is 0 Å². The molecular formula is C16H15Br2FO. The van der Waals surface area contributed by atoms with Crippen molar-refractivity contribution in [1.29, 1.82) is 0 Å². The molecule has 2 aromatic carbocycles.